The van der Waals surface area contributed by atoms with Crippen molar-refractivity contribution in [1.82, 2.24) is 10.2 Å². The Hall–Kier alpha value is -1.65. The first-order chi connectivity index (χ1) is 8.07. The molecule has 17 heavy (non-hydrogen) atoms. The number of hydrogen-bond donors (Lipinski definition) is 2. The summed E-state index contributed by atoms with van der Waals surface area (Å²) in [4.78, 5) is 11.2. The molecule has 0 fully saturated rings. The van der Waals surface area contributed by atoms with Gasteiger partial charge >= 0.3 is 5.97 Å². The van der Waals surface area contributed by atoms with E-state index in [-0.39, 0.29) is 5.56 Å². The molecule has 1 aromatic rings. The number of unbranched alkanes of at least 4 members (excludes halogenated alkanes) is 2. The van der Waals surface area contributed by atoms with E-state index in [4.69, 9.17) is 5.11 Å². The van der Waals surface area contributed by atoms with Crippen LogP contribution in [0.2, 0.25) is 0 Å². The van der Waals surface area contributed by atoms with Gasteiger partial charge in [0.1, 0.15) is 5.56 Å². The van der Waals surface area contributed by atoms with E-state index in [1.165, 1.54) is 0 Å². The molecule has 1 aromatic heterocycles. The average Bonchev–Trinajstić information content (AvgIpc) is 2.28. The number of aryl methyl sites for hydroxylation is 1. The van der Waals surface area contributed by atoms with Gasteiger partial charge in [-0.2, -0.15) is 5.10 Å². The van der Waals surface area contributed by atoms with Gasteiger partial charge in [0.05, 0.1) is 5.69 Å². The maximum Gasteiger partial charge on any atom is 0.339 e. The number of anilines is 1. The zero-order chi connectivity index (χ0) is 12.8. The maximum absolute atomic E-state index is 11.2. The predicted octanol–water partition coefficient (Wildman–Crippen LogP) is 2.39. The van der Waals surface area contributed by atoms with Crippen LogP contribution >= 0.6 is 0 Å². The van der Waals surface area contributed by atoms with Crippen LogP contribution in [0.15, 0.2) is 0 Å². The lowest BCUT2D eigenvalue weighted by atomic mass is 10.1. The molecule has 1 heterocycles. The third kappa shape index (κ3) is 3.41. The van der Waals surface area contributed by atoms with E-state index < -0.39 is 5.97 Å². The Morgan fingerprint density at radius 2 is 2.00 bits per heavy atom. The molecule has 0 radical (unpaired) electrons. The fraction of sp³-hybridized carbons (Fsp3) is 0.583. The van der Waals surface area contributed by atoms with Crippen LogP contribution in [0.4, 0.5) is 5.82 Å². The normalized spacial score (nSPS) is 10.3. The summed E-state index contributed by atoms with van der Waals surface area (Å²) in [6.45, 7) is 6.37. The molecule has 0 bridgehead atoms. The number of carboxylic acids is 1. The van der Waals surface area contributed by atoms with Gasteiger partial charge < -0.3 is 10.4 Å². The molecule has 0 amide bonds. The van der Waals surface area contributed by atoms with E-state index in [9.17, 15) is 4.79 Å². The minimum Gasteiger partial charge on any atom is -0.478 e. The quantitative estimate of drug-likeness (QED) is 0.743. The average molecular weight is 237 g/mol. The Labute approximate surface area is 101 Å². The van der Waals surface area contributed by atoms with Crippen molar-refractivity contribution in [2.24, 2.45) is 0 Å². The molecule has 5 nitrogen and oxygen atoms in total. The lowest BCUT2D eigenvalue weighted by molar-refractivity contribution is 0.0696. The molecule has 2 N–H and O–H groups in total. The van der Waals surface area contributed by atoms with Crippen molar-refractivity contribution in [3.63, 3.8) is 0 Å². The molecular formula is C12H19N3O2. The maximum atomic E-state index is 11.2. The smallest absolute Gasteiger partial charge is 0.339 e. The van der Waals surface area contributed by atoms with E-state index in [1.807, 2.05) is 0 Å². The molecular weight excluding hydrogens is 218 g/mol. The zero-order valence-corrected chi connectivity index (χ0v) is 10.6. The van der Waals surface area contributed by atoms with Gasteiger partial charge in [0.15, 0.2) is 5.82 Å². The zero-order valence-electron chi connectivity index (χ0n) is 10.6. The first kappa shape index (κ1) is 13.4. The van der Waals surface area contributed by atoms with Crippen LogP contribution in [0, 0.1) is 13.8 Å². The highest BCUT2D eigenvalue weighted by molar-refractivity contribution is 5.94. The van der Waals surface area contributed by atoms with Crippen LogP contribution in [0.3, 0.4) is 0 Å². The minimum atomic E-state index is -0.960. The van der Waals surface area contributed by atoms with Gasteiger partial charge in [0, 0.05) is 6.54 Å². The molecule has 0 saturated heterocycles. The molecule has 0 spiro atoms. The van der Waals surface area contributed by atoms with E-state index in [0.29, 0.717) is 17.1 Å². The van der Waals surface area contributed by atoms with Crippen molar-refractivity contribution in [2.45, 2.75) is 40.0 Å². The van der Waals surface area contributed by atoms with Crippen LogP contribution < -0.4 is 5.32 Å². The van der Waals surface area contributed by atoms with Crippen molar-refractivity contribution in [3.05, 3.63) is 16.8 Å². The molecule has 0 saturated carbocycles. The Balaban J connectivity index is 2.84. The first-order valence-electron chi connectivity index (χ1n) is 5.89. The number of aromatic nitrogens is 2. The standard InChI is InChI=1S/C12H19N3O2/c1-4-5-6-7-13-11-10(12(16)17)8(2)9(3)14-15-11/h4-7H2,1-3H3,(H,13,15)(H,16,17). The Morgan fingerprint density at radius 1 is 1.29 bits per heavy atom. The van der Waals surface area contributed by atoms with Gasteiger partial charge in [-0.3, -0.25) is 0 Å². The van der Waals surface area contributed by atoms with Crippen molar-refractivity contribution in [1.29, 1.82) is 0 Å². The lowest BCUT2D eigenvalue weighted by Gasteiger charge is -2.10. The summed E-state index contributed by atoms with van der Waals surface area (Å²) in [5, 5.41) is 20.1. The van der Waals surface area contributed by atoms with Crippen LogP contribution in [0.1, 0.15) is 47.8 Å². The van der Waals surface area contributed by atoms with Crippen molar-refractivity contribution >= 4 is 11.8 Å². The second-order valence-corrected chi connectivity index (χ2v) is 4.07. The number of nitrogens with one attached hydrogen (secondary N) is 1. The third-order valence-electron chi connectivity index (χ3n) is 2.74. The molecule has 0 aliphatic heterocycles. The highest BCUT2D eigenvalue weighted by Crippen LogP contribution is 2.18. The van der Waals surface area contributed by atoms with Crippen molar-refractivity contribution in [2.75, 3.05) is 11.9 Å². The Morgan fingerprint density at radius 3 is 2.59 bits per heavy atom. The molecule has 0 atom stereocenters. The number of hydrogen-bond acceptors (Lipinski definition) is 4. The number of carbonyl (C=O) groups is 1. The van der Waals surface area contributed by atoms with Crippen LogP contribution in [-0.4, -0.2) is 27.8 Å². The topological polar surface area (TPSA) is 75.1 Å². The molecule has 1 rings (SSSR count). The van der Waals surface area contributed by atoms with E-state index in [1.54, 1.807) is 13.8 Å². The first-order valence-corrected chi connectivity index (χ1v) is 5.89. The highest BCUT2D eigenvalue weighted by Gasteiger charge is 2.16. The molecule has 0 aliphatic rings. The highest BCUT2D eigenvalue weighted by atomic mass is 16.4. The van der Waals surface area contributed by atoms with Crippen molar-refractivity contribution in [3.8, 4) is 0 Å². The van der Waals surface area contributed by atoms with Gasteiger partial charge in [-0.05, 0) is 25.8 Å². The molecule has 0 aromatic carbocycles. The number of carboxylic acid groups (broad SMARTS) is 1. The Bertz CT molecular complexity index is 405. The second-order valence-electron chi connectivity index (χ2n) is 4.07. The number of rotatable bonds is 6. The fourth-order valence-corrected chi connectivity index (χ4v) is 1.58. The minimum absolute atomic E-state index is 0.231. The van der Waals surface area contributed by atoms with Gasteiger partial charge in [-0.15, -0.1) is 5.10 Å². The summed E-state index contributed by atoms with van der Waals surface area (Å²) in [7, 11) is 0. The van der Waals surface area contributed by atoms with Gasteiger partial charge in [-0.1, -0.05) is 19.8 Å². The van der Waals surface area contributed by atoms with Gasteiger partial charge in [-0.25, -0.2) is 4.79 Å². The van der Waals surface area contributed by atoms with Crippen LogP contribution in [0.25, 0.3) is 0 Å². The van der Waals surface area contributed by atoms with Gasteiger partial charge in [0.2, 0.25) is 0 Å². The molecule has 0 aliphatic carbocycles. The van der Waals surface area contributed by atoms with E-state index >= 15 is 0 Å². The summed E-state index contributed by atoms with van der Waals surface area (Å²) in [6, 6.07) is 0. The summed E-state index contributed by atoms with van der Waals surface area (Å²) in [5.41, 5.74) is 1.56. The summed E-state index contributed by atoms with van der Waals surface area (Å²) in [6.07, 6.45) is 3.25. The third-order valence-corrected chi connectivity index (χ3v) is 2.74. The predicted molar refractivity (Wildman–Crippen MR) is 66.5 cm³/mol. The van der Waals surface area contributed by atoms with Crippen LogP contribution in [-0.2, 0) is 0 Å². The fourth-order valence-electron chi connectivity index (χ4n) is 1.58. The number of aromatic carboxylic acids is 1. The van der Waals surface area contributed by atoms with E-state index in [0.717, 1.165) is 25.8 Å². The lowest BCUT2D eigenvalue weighted by Crippen LogP contribution is -2.13. The summed E-state index contributed by atoms with van der Waals surface area (Å²) >= 11 is 0. The Kier molecular flexibility index (Phi) is 4.87. The molecule has 0 unspecified atom stereocenters. The molecule has 94 valence electrons. The molecule has 5 heteroatoms. The second kappa shape index (κ2) is 6.18. The SMILES string of the molecule is CCCCCNc1nnc(C)c(C)c1C(=O)O. The monoisotopic (exact) mass is 237 g/mol. The summed E-state index contributed by atoms with van der Waals surface area (Å²) in [5.74, 6) is -0.588. The largest absolute Gasteiger partial charge is 0.478 e. The van der Waals surface area contributed by atoms with Gasteiger partial charge in [0.25, 0.3) is 0 Å². The van der Waals surface area contributed by atoms with Crippen LogP contribution in [0.5, 0.6) is 0 Å². The van der Waals surface area contributed by atoms with E-state index in [2.05, 4.69) is 22.4 Å². The van der Waals surface area contributed by atoms with Crippen molar-refractivity contribution < 1.29 is 9.90 Å². The summed E-state index contributed by atoms with van der Waals surface area (Å²) < 4.78 is 0. The number of nitrogens with zero attached hydrogens (tertiary/aromatic N) is 2.